The lowest BCUT2D eigenvalue weighted by Gasteiger charge is -2.08. The number of aryl methyl sites for hydroxylation is 2. The molecule has 1 rings (SSSR count). The predicted molar refractivity (Wildman–Crippen MR) is 92.9 cm³/mol. The van der Waals surface area contributed by atoms with E-state index in [1.54, 1.807) is 6.07 Å². The zero-order chi connectivity index (χ0) is 16.8. The van der Waals surface area contributed by atoms with Crippen LogP contribution in [0.1, 0.15) is 30.0 Å². The average molecular weight is 347 g/mol. The molecule has 0 amide bonds. The number of thiophene rings is 1. The van der Waals surface area contributed by atoms with Crippen LogP contribution in [0.3, 0.4) is 0 Å². The molecular formula is C14H26N4O2S2. The van der Waals surface area contributed by atoms with E-state index in [1.165, 1.54) is 11.3 Å². The molecule has 0 bridgehead atoms. The third kappa shape index (κ3) is 6.33. The highest BCUT2D eigenvalue weighted by molar-refractivity contribution is 7.89. The van der Waals surface area contributed by atoms with Crippen LogP contribution in [-0.4, -0.2) is 34.0 Å². The molecule has 1 aromatic rings. The molecule has 8 heteroatoms. The second-order valence-electron chi connectivity index (χ2n) is 5.55. The van der Waals surface area contributed by atoms with Gasteiger partial charge >= 0.3 is 0 Å². The molecule has 0 radical (unpaired) electrons. The van der Waals surface area contributed by atoms with Crippen molar-refractivity contribution in [2.75, 3.05) is 19.6 Å². The zero-order valence-corrected chi connectivity index (χ0v) is 15.3. The fourth-order valence-corrected chi connectivity index (χ4v) is 4.41. The number of nitrogens with zero attached hydrogens (tertiary/aromatic N) is 1. The van der Waals surface area contributed by atoms with Crippen LogP contribution in [0.4, 0.5) is 0 Å². The molecule has 6 nitrogen and oxygen atoms in total. The second kappa shape index (κ2) is 8.50. The van der Waals surface area contributed by atoms with Crippen LogP contribution < -0.4 is 15.8 Å². The van der Waals surface area contributed by atoms with Crippen LogP contribution in [0.2, 0.25) is 0 Å². The summed E-state index contributed by atoms with van der Waals surface area (Å²) in [4.78, 5) is 6.32. The Morgan fingerprint density at radius 1 is 1.36 bits per heavy atom. The standard InChI is InChI=1S/C14H26N4O2S2/c1-10(2)5-6-16-14(15)17-7-8-18-22(19,20)13-9-11(3)21-12(13)4/h9-10,18H,5-8H2,1-4H3,(H3,15,16,17). The van der Waals surface area contributed by atoms with E-state index in [9.17, 15) is 8.42 Å². The predicted octanol–water partition coefficient (Wildman–Crippen LogP) is 1.59. The van der Waals surface area contributed by atoms with Crippen LogP contribution in [0.25, 0.3) is 0 Å². The number of nitrogens with two attached hydrogens (primary N) is 1. The van der Waals surface area contributed by atoms with Gasteiger partial charge in [-0.3, -0.25) is 4.99 Å². The van der Waals surface area contributed by atoms with Crippen LogP contribution in [0.5, 0.6) is 0 Å². The van der Waals surface area contributed by atoms with Crippen LogP contribution >= 0.6 is 11.3 Å². The van der Waals surface area contributed by atoms with E-state index in [0.29, 0.717) is 29.9 Å². The topological polar surface area (TPSA) is 96.6 Å². The number of guanidine groups is 1. The van der Waals surface area contributed by atoms with Gasteiger partial charge in [-0.05, 0) is 32.3 Å². The van der Waals surface area contributed by atoms with Gasteiger partial charge in [0.15, 0.2) is 5.96 Å². The lowest BCUT2D eigenvalue weighted by molar-refractivity contribution is 0.580. The Hall–Kier alpha value is -1.12. The molecule has 0 unspecified atom stereocenters. The summed E-state index contributed by atoms with van der Waals surface area (Å²) in [7, 11) is -3.46. The molecule has 0 saturated heterocycles. The van der Waals surface area contributed by atoms with Gasteiger partial charge < -0.3 is 11.1 Å². The summed E-state index contributed by atoms with van der Waals surface area (Å²) in [6.45, 7) is 9.30. The van der Waals surface area contributed by atoms with Gasteiger partial charge in [0.05, 0.1) is 4.90 Å². The van der Waals surface area contributed by atoms with Crippen LogP contribution in [-0.2, 0) is 10.0 Å². The Kier molecular flexibility index (Phi) is 7.31. The number of aliphatic imine (C=N–C) groups is 1. The SMILES string of the molecule is Cc1cc(S(=O)(=O)NCCNC(N)=NCCC(C)C)c(C)s1. The molecule has 0 aliphatic rings. The van der Waals surface area contributed by atoms with Gasteiger partial charge in [-0.1, -0.05) is 13.8 Å². The molecule has 0 aliphatic carbocycles. The van der Waals surface area contributed by atoms with Crippen molar-refractivity contribution in [2.24, 2.45) is 16.6 Å². The summed E-state index contributed by atoms with van der Waals surface area (Å²) in [5.41, 5.74) is 5.71. The van der Waals surface area contributed by atoms with Gasteiger partial charge in [0.1, 0.15) is 0 Å². The van der Waals surface area contributed by atoms with E-state index in [0.717, 1.165) is 16.2 Å². The van der Waals surface area contributed by atoms with Crippen molar-refractivity contribution >= 4 is 27.3 Å². The minimum Gasteiger partial charge on any atom is -0.370 e. The van der Waals surface area contributed by atoms with E-state index in [-0.39, 0.29) is 6.54 Å². The van der Waals surface area contributed by atoms with Gasteiger partial charge in [-0.2, -0.15) is 0 Å². The lowest BCUT2D eigenvalue weighted by atomic mass is 10.1. The number of sulfonamides is 1. The zero-order valence-electron chi connectivity index (χ0n) is 13.6. The molecule has 0 atom stereocenters. The maximum Gasteiger partial charge on any atom is 0.241 e. The van der Waals surface area contributed by atoms with E-state index in [4.69, 9.17) is 5.73 Å². The first-order valence-corrected chi connectivity index (χ1v) is 9.63. The highest BCUT2D eigenvalue weighted by atomic mass is 32.2. The molecule has 4 N–H and O–H groups in total. The average Bonchev–Trinajstić information content (AvgIpc) is 2.74. The van der Waals surface area contributed by atoms with Crippen molar-refractivity contribution in [1.82, 2.24) is 10.0 Å². The third-order valence-electron chi connectivity index (χ3n) is 3.00. The van der Waals surface area contributed by atoms with Gasteiger partial charge in [-0.15, -0.1) is 11.3 Å². The highest BCUT2D eigenvalue weighted by Crippen LogP contribution is 2.24. The molecule has 22 heavy (non-hydrogen) atoms. The minimum atomic E-state index is -3.46. The minimum absolute atomic E-state index is 0.261. The molecule has 0 aromatic carbocycles. The Bertz CT molecular complexity index is 606. The van der Waals surface area contributed by atoms with Crippen LogP contribution in [0.15, 0.2) is 16.0 Å². The maximum atomic E-state index is 12.2. The first-order valence-electron chi connectivity index (χ1n) is 7.33. The summed E-state index contributed by atoms with van der Waals surface area (Å²) >= 11 is 1.48. The number of hydrogen-bond acceptors (Lipinski definition) is 4. The molecule has 0 aliphatic heterocycles. The summed E-state index contributed by atoms with van der Waals surface area (Å²) in [6, 6.07) is 1.69. The number of nitrogens with one attached hydrogen (secondary N) is 2. The van der Waals surface area contributed by atoms with Gasteiger partial charge in [0, 0.05) is 29.4 Å². The Labute approximate surface area is 137 Å². The van der Waals surface area contributed by atoms with Gasteiger partial charge in [-0.25, -0.2) is 13.1 Å². The first-order chi connectivity index (χ1) is 10.2. The molecule has 0 saturated carbocycles. The Morgan fingerprint density at radius 2 is 2.05 bits per heavy atom. The van der Waals surface area contributed by atoms with E-state index in [1.807, 2.05) is 13.8 Å². The summed E-state index contributed by atoms with van der Waals surface area (Å²) in [6.07, 6.45) is 0.978. The molecule has 1 aromatic heterocycles. The van der Waals surface area contributed by atoms with Gasteiger partial charge in [0.25, 0.3) is 0 Å². The molecule has 0 fully saturated rings. The first kappa shape index (κ1) is 18.9. The van der Waals surface area contributed by atoms with Crippen molar-refractivity contribution < 1.29 is 8.42 Å². The monoisotopic (exact) mass is 346 g/mol. The van der Waals surface area contributed by atoms with E-state index in [2.05, 4.69) is 28.9 Å². The fourth-order valence-electron chi connectivity index (χ4n) is 1.83. The quantitative estimate of drug-likeness (QED) is 0.378. The Balaban J connectivity index is 2.39. The van der Waals surface area contributed by atoms with Crippen LogP contribution in [0, 0.1) is 19.8 Å². The fraction of sp³-hybridized carbons (Fsp3) is 0.643. The number of hydrogen-bond donors (Lipinski definition) is 3. The summed E-state index contributed by atoms with van der Waals surface area (Å²) < 4.78 is 26.9. The molecule has 0 spiro atoms. The van der Waals surface area contributed by atoms with Crippen molar-refractivity contribution in [3.05, 3.63) is 15.8 Å². The summed E-state index contributed by atoms with van der Waals surface area (Å²) in [5.74, 6) is 0.933. The second-order valence-corrected chi connectivity index (χ2v) is 8.75. The maximum absolute atomic E-state index is 12.2. The normalized spacial score (nSPS) is 12.9. The Morgan fingerprint density at radius 3 is 2.59 bits per heavy atom. The third-order valence-corrected chi connectivity index (χ3v) is 5.68. The number of rotatable bonds is 8. The summed E-state index contributed by atoms with van der Waals surface area (Å²) in [5, 5.41) is 2.90. The lowest BCUT2D eigenvalue weighted by Crippen LogP contribution is -2.38. The van der Waals surface area contributed by atoms with E-state index < -0.39 is 10.0 Å². The van der Waals surface area contributed by atoms with Crippen molar-refractivity contribution in [3.8, 4) is 0 Å². The van der Waals surface area contributed by atoms with Gasteiger partial charge in [0.2, 0.25) is 10.0 Å². The van der Waals surface area contributed by atoms with Crippen molar-refractivity contribution in [1.29, 1.82) is 0 Å². The van der Waals surface area contributed by atoms with Crippen molar-refractivity contribution in [3.63, 3.8) is 0 Å². The smallest absolute Gasteiger partial charge is 0.241 e. The van der Waals surface area contributed by atoms with Crippen molar-refractivity contribution in [2.45, 2.75) is 39.0 Å². The largest absolute Gasteiger partial charge is 0.370 e. The van der Waals surface area contributed by atoms with E-state index >= 15 is 0 Å². The molecular weight excluding hydrogens is 320 g/mol. The highest BCUT2D eigenvalue weighted by Gasteiger charge is 2.18. The molecule has 126 valence electrons. The molecule has 1 heterocycles.